The van der Waals surface area contributed by atoms with Crippen LogP contribution in [0.5, 0.6) is 5.75 Å². The number of hydrogen-bond acceptors (Lipinski definition) is 4. The molecular weight excluding hydrogens is 294 g/mol. The van der Waals surface area contributed by atoms with Crippen LogP contribution in [0.2, 0.25) is 0 Å². The first kappa shape index (κ1) is 16.5. The molecule has 1 atom stereocenters. The van der Waals surface area contributed by atoms with Crippen molar-refractivity contribution in [2.45, 2.75) is 20.0 Å². The Balaban J connectivity index is 2.04. The van der Waals surface area contributed by atoms with Gasteiger partial charge in [-0.05, 0) is 43.7 Å². The summed E-state index contributed by atoms with van der Waals surface area (Å²) in [5.41, 5.74) is 1.84. The van der Waals surface area contributed by atoms with Gasteiger partial charge in [0.15, 0.2) is 6.10 Å². The van der Waals surface area contributed by atoms with Crippen LogP contribution in [0, 0.1) is 6.92 Å². The number of carbonyl (C=O) groups excluding carboxylic acids is 2. The number of anilines is 1. The molecule has 0 bridgehead atoms. The minimum Gasteiger partial charge on any atom is -0.481 e. The van der Waals surface area contributed by atoms with E-state index in [0.29, 0.717) is 17.0 Å². The van der Waals surface area contributed by atoms with E-state index in [0.717, 1.165) is 5.56 Å². The molecule has 23 heavy (non-hydrogen) atoms. The molecule has 0 aromatic heterocycles. The summed E-state index contributed by atoms with van der Waals surface area (Å²) in [5, 5.41) is 2.73. The Hall–Kier alpha value is -2.82. The van der Waals surface area contributed by atoms with Crippen LogP contribution in [0.3, 0.4) is 0 Å². The summed E-state index contributed by atoms with van der Waals surface area (Å²) in [6, 6.07) is 14.0. The summed E-state index contributed by atoms with van der Waals surface area (Å²) in [4.78, 5) is 23.7. The lowest BCUT2D eigenvalue weighted by atomic mass is 10.2. The minimum atomic E-state index is -0.669. The molecule has 0 heterocycles. The predicted octanol–water partition coefficient (Wildman–Crippen LogP) is 3.19. The van der Waals surface area contributed by atoms with Gasteiger partial charge in [-0.1, -0.05) is 24.3 Å². The summed E-state index contributed by atoms with van der Waals surface area (Å²) in [7, 11) is 1.31. The van der Waals surface area contributed by atoms with Crippen molar-refractivity contribution in [1.82, 2.24) is 0 Å². The number of para-hydroxylation sites is 1. The lowest BCUT2D eigenvalue weighted by molar-refractivity contribution is -0.122. The molecule has 0 aliphatic carbocycles. The van der Waals surface area contributed by atoms with E-state index in [1.165, 1.54) is 7.11 Å². The van der Waals surface area contributed by atoms with E-state index < -0.39 is 12.1 Å². The molecule has 1 amide bonds. The van der Waals surface area contributed by atoms with Gasteiger partial charge in [0.1, 0.15) is 5.75 Å². The normalized spacial score (nSPS) is 11.4. The van der Waals surface area contributed by atoms with E-state index in [1.807, 2.05) is 31.2 Å². The first-order chi connectivity index (χ1) is 11.0. The highest BCUT2D eigenvalue weighted by Crippen LogP contribution is 2.18. The number of esters is 1. The highest BCUT2D eigenvalue weighted by Gasteiger charge is 2.16. The number of ether oxygens (including phenoxy) is 2. The second-order valence-electron chi connectivity index (χ2n) is 5.09. The summed E-state index contributed by atoms with van der Waals surface area (Å²) in [6.07, 6.45) is -0.669. The van der Waals surface area contributed by atoms with E-state index >= 15 is 0 Å². The van der Waals surface area contributed by atoms with Gasteiger partial charge in [0.05, 0.1) is 12.7 Å². The van der Waals surface area contributed by atoms with Crippen molar-refractivity contribution in [3.63, 3.8) is 0 Å². The topological polar surface area (TPSA) is 64.6 Å². The van der Waals surface area contributed by atoms with Crippen molar-refractivity contribution < 1.29 is 19.1 Å². The zero-order valence-electron chi connectivity index (χ0n) is 13.3. The maximum Gasteiger partial charge on any atom is 0.337 e. The van der Waals surface area contributed by atoms with Gasteiger partial charge >= 0.3 is 5.97 Å². The zero-order valence-corrected chi connectivity index (χ0v) is 13.3. The molecule has 0 fully saturated rings. The molecule has 2 aromatic rings. The Labute approximate surface area is 135 Å². The largest absolute Gasteiger partial charge is 0.481 e. The summed E-state index contributed by atoms with van der Waals surface area (Å²) >= 11 is 0. The van der Waals surface area contributed by atoms with Crippen molar-refractivity contribution >= 4 is 17.6 Å². The van der Waals surface area contributed by atoms with Crippen molar-refractivity contribution in [3.8, 4) is 5.75 Å². The molecule has 0 saturated heterocycles. The van der Waals surface area contributed by atoms with Crippen LogP contribution < -0.4 is 10.1 Å². The Kier molecular flexibility index (Phi) is 5.36. The first-order valence-corrected chi connectivity index (χ1v) is 7.23. The molecule has 120 valence electrons. The maximum atomic E-state index is 12.2. The van der Waals surface area contributed by atoms with E-state index in [-0.39, 0.29) is 5.91 Å². The molecule has 0 radical (unpaired) electrons. The molecule has 5 nitrogen and oxygen atoms in total. The van der Waals surface area contributed by atoms with Crippen LogP contribution in [0.4, 0.5) is 5.69 Å². The fraction of sp³-hybridized carbons (Fsp3) is 0.222. The van der Waals surface area contributed by atoms with Gasteiger partial charge in [-0.15, -0.1) is 0 Å². The summed E-state index contributed by atoms with van der Waals surface area (Å²) < 4.78 is 10.3. The number of amides is 1. The fourth-order valence-electron chi connectivity index (χ4n) is 2.02. The van der Waals surface area contributed by atoms with Gasteiger partial charge in [0, 0.05) is 5.69 Å². The Morgan fingerprint density at radius 3 is 2.52 bits per heavy atom. The number of hydrogen-bond donors (Lipinski definition) is 1. The highest BCUT2D eigenvalue weighted by atomic mass is 16.5. The van der Waals surface area contributed by atoms with Gasteiger partial charge in [-0.2, -0.15) is 0 Å². The predicted molar refractivity (Wildman–Crippen MR) is 87.7 cm³/mol. The van der Waals surface area contributed by atoms with Crippen LogP contribution in [0.1, 0.15) is 22.8 Å². The Morgan fingerprint density at radius 2 is 1.83 bits per heavy atom. The Morgan fingerprint density at radius 1 is 1.09 bits per heavy atom. The Bertz CT molecular complexity index is 712. The second kappa shape index (κ2) is 7.45. The van der Waals surface area contributed by atoms with Gasteiger partial charge in [-0.3, -0.25) is 4.79 Å². The monoisotopic (exact) mass is 313 g/mol. The van der Waals surface area contributed by atoms with Crippen LogP contribution in [-0.4, -0.2) is 25.1 Å². The average Bonchev–Trinajstić information content (AvgIpc) is 2.56. The smallest absolute Gasteiger partial charge is 0.337 e. The van der Waals surface area contributed by atoms with Crippen molar-refractivity contribution in [3.05, 3.63) is 59.7 Å². The zero-order chi connectivity index (χ0) is 16.8. The van der Waals surface area contributed by atoms with Crippen molar-refractivity contribution in [2.24, 2.45) is 0 Å². The molecule has 0 aliphatic heterocycles. The van der Waals surface area contributed by atoms with Gasteiger partial charge in [0.25, 0.3) is 5.91 Å². The molecule has 0 spiro atoms. The third kappa shape index (κ3) is 4.32. The standard InChI is InChI=1S/C18H19NO4/c1-12-7-4-5-10-16(12)23-13(2)17(20)19-15-9-6-8-14(11-15)18(21)22-3/h4-11,13H,1-3H3,(H,19,20)/t13-/m1/s1. The third-order valence-corrected chi connectivity index (χ3v) is 3.32. The van der Waals surface area contributed by atoms with Crippen LogP contribution in [-0.2, 0) is 9.53 Å². The van der Waals surface area contributed by atoms with Crippen LogP contribution in [0.25, 0.3) is 0 Å². The van der Waals surface area contributed by atoms with Crippen LogP contribution in [0.15, 0.2) is 48.5 Å². The average molecular weight is 313 g/mol. The fourth-order valence-corrected chi connectivity index (χ4v) is 2.02. The lowest BCUT2D eigenvalue weighted by Crippen LogP contribution is -2.30. The third-order valence-electron chi connectivity index (χ3n) is 3.32. The van der Waals surface area contributed by atoms with Crippen molar-refractivity contribution in [1.29, 1.82) is 0 Å². The number of aryl methyl sites for hydroxylation is 1. The molecular formula is C18H19NO4. The number of benzene rings is 2. The SMILES string of the molecule is COC(=O)c1cccc(NC(=O)[C@@H](C)Oc2ccccc2C)c1. The van der Waals surface area contributed by atoms with Crippen LogP contribution >= 0.6 is 0 Å². The van der Waals surface area contributed by atoms with E-state index in [2.05, 4.69) is 10.1 Å². The van der Waals surface area contributed by atoms with E-state index in [4.69, 9.17) is 4.74 Å². The minimum absolute atomic E-state index is 0.296. The van der Waals surface area contributed by atoms with Gasteiger partial charge in [0.2, 0.25) is 0 Å². The number of methoxy groups -OCH3 is 1. The molecule has 0 saturated carbocycles. The van der Waals surface area contributed by atoms with Gasteiger partial charge < -0.3 is 14.8 Å². The van der Waals surface area contributed by atoms with Crippen molar-refractivity contribution in [2.75, 3.05) is 12.4 Å². The van der Waals surface area contributed by atoms with E-state index in [9.17, 15) is 9.59 Å². The molecule has 0 unspecified atom stereocenters. The number of nitrogens with one attached hydrogen (secondary N) is 1. The maximum absolute atomic E-state index is 12.2. The molecule has 1 N–H and O–H groups in total. The number of carbonyl (C=O) groups is 2. The first-order valence-electron chi connectivity index (χ1n) is 7.23. The molecule has 2 rings (SSSR count). The quantitative estimate of drug-likeness (QED) is 0.861. The molecule has 2 aromatic carbocycles. The molecule has 5 heteroatoms. The van der Waals surface area contributed by atoms with E-state index in [1.54, 1.807) is 31.2 Å². The highest BCUT2D eigenvalue weighted by molar-refractivity contribution is 5.96. The summed E-state index contributed by atoms with van der Waals surface area (Å²) in [6.45, 7) is 3.59. The molecule has 0 aliphatic rings. The summed E-state index contributed by atoms with van der Waals surface area (Å²) in [5.74, 6) is -0.0842. The number of rotatable bonds is 5. The van der Waals surface area contributed by atoms with Gasteiger partial charge in [-0.25, -0.2) is 4.79 Å². The second-order valence-corrected chi connectivity index (χ2v) is 5.09. The lowest BCUT2D eigenvalue weighted by Gasteiger charge is -2.16.